The van der Waals surface area contributed by atoms with Gasteiger partial charge in [-0.2, -0.15) is 0 Å². The molecule has 7 heteroatoms. The van der Waals surface area contributed by atoms with Crippen molar-refractivity contribution in [3.63, 3.8) is 0 Å². The molecule has 0 unspecified atom stereocenters. The van der Waals surface area contributed by atoms with Crippen molar-refractivity contribution in [2.75, 3.05) is 0 Å². The van der Waals surface area contributed by atoms with Crippen LogP contribution in [0.25, 0.3) is 0 Å². The van der Waals surface area contributed by atoms with Gasteiger partial charge in [-0.05, 0) is 43.9 Å². The first-order valence-corrected chi connectivity index (χ1v) is 8.25. The Balaban J connectivity index is 1.48. The fraction of sp³-hybridized carbons (Fsp3) is 0.333. The molecule has 0 saturated heterocycles. The number of rotatable bonds is 5. The largest absolute Gasteiger partial charge is 0.474 e. The molecule has 3 rings (SSSR count). The molecule has 0 bridgehead atoms. The maximum absolute atomic E-state index is 12.2. The summed E-state index contributed by atoms with van der Waals surface area (Å²) in [6.07, 6.45) is 5.17. The van der Waals surface area contributed by atoms with Crippen LogP contribution >= 0.6 is 0 Å². The smallest absolute Gasteiger partial charge is 0.269 e. The normalized spacial score (nSPS) is 19.8. The summed E-state index contributed by atoms with van der Waals surface area (Å²) < 4.78 is 5.84. The molecule has 1 amide bonds. The van der Waals surface area contributed by atoms with E-state index in [-0.39, 0.29) is 23.7 Å². The summed E-state index contributed by atoms with van der Waals surface area (Å²) in [4.78, 5) is 26.6. The van der Waals surface area contributed by atoms with Gasteiger partial charge >= 0.3 is 0 Å². The Labute approximate surface area is 145 Å². The zero-order chi connectivity index (χ0) is 17.6. The summed E-state index contributed by atoms with van der Waals surface area (Å²) in [5.74, 6) is 0.421. The monoisotopic (exact) mass is 341 g/mol. The molecule has 1 N–H and O–H groups in total. The van der Waals surface area contributed by atoms with Gasteiger partial charge in [-0.1, -0.05) is 6.07 Å². The number of amides is 1. The Hall–Kier alpha value is -2.96. The molecular weight excluding hydrogens is 322 g/mol. The van der Waals surface area contributed by atoms with Crippen LogP contribution in [0, 0.1) is 10.1 Å². The third-order valence-electron chi connectivity index (χ3n) is 4.27. The number of nitro benzene ring substituents is 1. The van der Waals surface area contributed by atoms with E-state index < -0.39 is 4.92 Å². The second kappa shape index (κ2) is 7.74. The zero-order valence-electron chi connectivity index (χ0n) is 13.6. The van der Waals surface area contributed by atoms with E-state index in [4.69, 9.17) is 4.74 Å². The van der Waals surface area contributed by atoms with Crippen LogP contribution in [-0.4, -0.2) is 28.0 Å². The molecule has 1 aliphatic carbocycles. The summed E-state index contributed by atoms with van der Waals surface area (Å²) in [6.45, 7) is 0. The van der Waals surface area contributed by atoms with Crippen LogP contribution in [0.3, 0.4) is 0 Å². The number of pyridine rings is 1. The lowest BCUT2D eigenvalue weighted by atomic mass is 9.92. The van der Waals surface area contributed by atoms with Crippen molar-refractivity contribution in [2.24, 2.45) is 0 Å². The average molecular weight is 341 g/mol. The summed E-state index contributed by atoms with van der Waals surface area (Å²) >= 11 is 0. The van der Waals surface area contributed by atoms with Gasteiger partial charge in [-0.25, -0.2) is 4.98 Å². The van der Waals surface area contributed by atoms with E-state index in [1.807, 2.05) is 18.2 Å². The number of nitrogens with one attached hydrogen (secondary N) is 1. The predicted octanol–water partition coefficient (Wildman–Crippen LogP) is 3.11. The molecule has 2 aromatic rings. The van der Waals surface area contributed by atoms with Gasteiger partial charge < -0.3 is 10.1 Å². The fourth-order valence-electron chi connectivity index (χ4n) is 2.92. The lowest BCUT2D eigenvalue weighted by Gasteiger charge is -2.29. The topological polar surface area (TPSA) is 94.4 Å². The summed E-state index contributed by atoms with van der Waals surface area (Å²) in [6, 6.07) is 11.3. The fourth-order valence-corrected chi connectivity index (χ4v) is 2.92. The van der Waals surface area contributed by atoms with Crippen LogP contribution in [0.4, 0.5) is 5.69 Å². The van der Waals surface area contributed by atoms with Crippen molar-refractivity contribution in [1.29, 1.82) is 0 Å². The number of nitrogens with zero attached hydrogens (tertiary/aromatic N) is 2. The van der Waals surface area contributed by atoms with Crippen molar-refractivity contribution >= 4 is 11.6 Å². The second-order valence-electron chi connectivity index (χ2n) is 6.04. The highest BCUT2D eigenvalue weighted by Crippen LogP contribution is 2.23. The maximum atomic E-state index is 12.2. The minimum absolute atomic E-state index is 0.0243. The minimum Gasteiger partial charge on any atom is -0.474 e. The van der Waals surface area contributed by atoms with E-state index in [0.29, 0.717) is 11.4 Å². The molecule has 1 heterocycles. The third-order valence-corrected chi connectivity index (χ3v) is 4.27. The molecule has 1 aliphatic rings. The van der Waals surface area contributed by atoms with Gasteiger partial charge in [0.15, 0.2) is 0 Å². The lowest BCUT2D eigenvalue weighted by Crippen LogP contribution is -2.39. The molecule has 25 heavy (non-hydrogen) atoms. The number of ether oxygens (including phenoxy) is 1. The van der Waals surface area contributed by atoms with Crippen LogP contribution in [0.15, 0.2) is 48.7 Å². The molecule has 1 aromatic heterocycles. The first-order valence-electron chi connectivity index (χ1n) is 8.25. The van der Waals surface area contributed by atoms with Gasteiger partial charge in [-0.15, -0.1) is 0 Å². The van der Waals surface area contributed by atoms with Crippen LogP contribution < -0.4 is 10.1 Å². The third kappa shape index (κ3) is 4.53. The highest BCUT2D eigenvalue weighted by atomic mass is 16.6. The Kier molecular flexibility index (Phi) is 5.23. The standard InChI is InChI=1S/C18H19N3O4/c22-18(13-4-8-15(9-5-13)21(23)24)20-14-6-10-16(11-7-14)25-17-3-1-2-12-19-17/h1-5,8-9,12,14,16H,6-7,10-11H2,(H,20,22). The van der Waals surface area contributed by atoms with Gasteiger partial charge in [0.05, 0.1) is 4.92 Å². The van der Waals surface area contributed by atoms with Gasteiger partial charge in [-0.3, -0.25) is 14.9 Å². The van der Waals surface area contributed by atoms with Crippen molar-refractivity contribution in [2.45, 2.75) is 37.8 Å². The molecule has 7 nitrogen and oxygen atoms in total. The van der Waals surface area contributed by atoms with Crippen LogP contribution in [-0.2, 0) is 0 Å². The number of hydrogen-bond acceptors (Lipinski definition) is 5. The summed E-state index contributed by atoms with van der Waals surface area (Å²) in [7, 11) is 0. The molecule has 0 radical (unpaired) electrons. The average Bonchev–Trinajstić information content (AvgIpc) is 2.64. The summed E-state index contributed by atoms with van der Waals surface area (Å²) in [5, 5.41) is 13.6. The first kappa shape index (κ1) is 16.9. The molecule has 130 valence electrons. The van der Waals surface area contributed by atoms with Crippen molar-refractivity contribution < 1.29 is 14.5 Å². The van der Waals surface area contributed by atoms with E-state index in [1.54, 1.807) is 6.20 Å². The number of carbonyl (C=O) groups is 1. The SMILES string of the molecule is O=C(NC1CCC(Oc2ccccn2)CC1)c1ccc([N+](=O)[O-])cc1. The van der Waals surface area contributed by atoms with Crippen LogP contribution in [0.5, 0.6) is 5.88 Å². The number of hydrogen-bond donors (Lipinski definition) is 1. The quantitative estimate of drug-likeness (QED) is 0.666. The number of aromatic nitrogens is 1. The maximum Gasteiger partial charge on any atom is 0.269 e. The van der Waals surface area contributed by atoms with Crippen molar-refractivity contribution in [3.8, 4) is 5.88 Å². The van der Waals surface area contributed by atoms with Crippen LogP contribution in [0.1, 0.15) is 36.0 Å². The van der Waals surface area contributed by atoms with Crippen molar-refractivity contribution in [1.82, 2.24) is 10.3 Å². The molecule has 1 saturated carbocycles. The van der Waals surface area contributed by atoms with Gasteiger partial charge in [0, 0.05) is 36.0 Å². The zero-order valence-corrected chi connectivity index (χ0v) is 13.6. The highest BCUT2D eigenvalue weighted by Gasteiger charge is 2.24. The number of non-ortho nitro benzene ring substituents is 1. The Morgan fingerprint density at radius 1 is 1.12 bits per heavy atom. The Bertz CT molecular complexity index is 726. The summed E-state index contributed by atoms with van der Waals surface area (Å²) in [5.41, 5.74) is 0.404. The second-order valence-corrected chi connectivity index (χ2v) is 6.04. The molecule has 1 aromatic carbocycles. The minimum atomic E-state index is -0.482. The number of benzene rings is 1. The molecular formula is C18H19N3O4. The number of nitro groups is 1. The van der Waals surface area contributed by atoms with Gasteiger partial charge in [0.2, 0.25) is 5.88 Å². The van der Waals surface area contributed by atoms with Crippen molar-refractivity contribution in [3.05, 3.63) is 64.3 Å². The van der Waals surface area contributed by atoms with E-state index in [2.05, 4.69) is 10.3 Å². The van der Waals surface area contributed by atoms with Gasteiger partial charge in [0.1, 0.15) is 6.10 Å². The highest BCUT2D eigenvalue weighted by molar-refractivity contribution is 5.94. The lowest BCUT2D eigenvalue weighted by molar-refractivity contribution is -0.384. The molecule has 0 aliphatic heterocycles. The molecule has 1 fully saturated rings. The van der Waals surface area contributed by atoms with E-state index in [0.717, 1.165) is 25.7 Å². The molecule has 0 spiro atoms. The van der Waals surface area contributed by atoms with E-state index in [9.17, 15) is 14.9 Å². The first-order chi connectivity index (χ1) is 12.1. The predicted molar refractivity (Wildman–Crippen MR) is 91.5 cm³/mol. The van der Waals surface area contributed by atoms with Crippen LogP contribution in [0.2, 0.25) is 0 Å². The Morgan fingerprint density at radius 2 is 1.84 bits per heavy atom. The van der Waals surface area contributed by atoms with E-state index in [1.165, 1.54) is 24.3 Å². The number of carbonyl (C=O) groups excluding carboxylic acids is 1. The van der Waals surface area contributed by atoms with E-state index >= 15 is 0 Å². The molecule has 0 atom stereocenters. The van der Waals surface area contributed by atoms with Gasteiger partial charge in [0.25, 0.3) is 11.6 Å². The Morgan fingerprint density at radius 3 is 2.44 bits per heavy atom.